The number of esters is 1. The second kappa shape index (κ2) is 8.39. The number of rotatable bonds is 9. The van der Waals surface area contributed by atoms with Crippen LogP contribution >= 0.6 is 0 Å². The van der Waals surface area contributed by atoms with Gasteiger partial charge in [0.15, 0.2) is 0 Å². The third kappa shape index (κ3) is 6.79. The van der Waals surface area contributed by atoms with Crippen LogP contribution in [0.2, 0.25) is 0 Å². The van der Waals surface area contributed by atoms with Crippen molar-refractivity contribution < 1.29 is 9.53 Å². The molecule has 0 N–H and O–H groups in total. The monoisotopic (exact) mass is 268 g/mol. The van der Waals surface area contributed by atoms with Crippen molar-refractivity contribution >= 4 is 5.97 Å². The topological polar surface area (TPSA) is 26.3 Å². The van der Waals surface area contributed by atoms with E-state index >= 15 is 0 Å². The van der Waals surface area contributed by atoms with E-state index in [1.165, 1.54) is 25.7 Å². The van der Waals surface area contributed by atoms with Crippen molar-refractivity contribution in [1.82, 2.24) is 0 Å². The summed E-state index contributed by atoms with van der Waals surface area (Å²) in [5.41, 5.74) is 0.500. The van der Waals surface area contributed by atoms with Crippen LogP contribution in [0.3, 0.4) is 0 Å². The fraction of sp³-hybridized carbons (Fsp3) is 0.824. The smallest absolute Gasteiger partial charge is 0.333 e. The van der Waals surface area contributed by atoms with Crippen LogP contribution in [0.4, 0.5) is 0 Å². The Bertz CT molecular complexity index is 290. The molecule has 1 atom stereocenters. The summed E-state index contributed by atoms with van der Waals surface area (Å²) < 4.78 is 5.66. The summed E-state index contributed by atoms with van der Waals surface area (Å²) in [6.07, 6.45) is 6.05. The van der Waals surface area contributed by atoms with E-state index in [1.807, 2.05) is 0 Å². The predicted octanol–water partition coefficient (Wildman–Crippen LogP) is 5.13. The molecule has 2 nitrogen and oxygen atoms in total. The molecule has 0 amide bonds. The van der Waals surface area contributed by atoms with Gasteiger partial charge >= 0.3 is 5.97 Å². The molecule has 0 rings (SSSR count). The number of ether oxygens (including phenoxy) is 1. The largest absolute Gasteiger partial charge is 0.458 e. The molecule has 0 saturated heterocycles. The van der Waals surface area contributed by atoms with Gasteiger partial charge in [-0.1, -0.05) is 66.9 Å². The predicted molar refractivity (Wildman–Crippen MR) is 82.1 cm³/mol. The first kappa shape index (κ1) is 18.2. The van der Waals surface area contributed by atoms with Crippen LogP contribution in [0.25, 0.3) is 0 Å². The molecule has 2 heteroatoms. The molecule has 0 fully saturated rings. The quantitative estimate of drug-likeness (QED) is 0.329. The van der Waals surface area contributed by atoms with Gasteiger partial charge in [-0.15, -0.1) is 0 Å². The average Bonchev–Trinajstić information content (AvgIpc) is 2.30. The molecular weight excluding hydrogens is 236 g/mol. The SMILES string of the molecule is C=C(C)C(=O)OC(C(C)C)C(C)(C)CCCCCC. The molecule has 0 bridgehead atoms. The van der Waals surface area contributed by atoms with Crippen LogP contribution < -0.4 is 0 Å². The van der Waals surface area contributed by atoms with Crippen LogP contribution in [0.15, 0.2) is 12.2 Å². The lowest BCUT2D eigenvalue weighted by Gasteiger charge is -2.36. The van der Waals surface area contributed by atoms with Gasteiger partial charge in [-0.2, -0.15) is 0 Å². The van der Waals surface area contributed by atoms with Crippen molar-refractivity contribution in [3.05, 3.63) is 12.2 Å². The zero-order valence-corrected chi connectivity index (χ0v) is 13.7. The Morgan fingerprint density at radius 1 is 1.21 bits per heavy atom. The Morgan fingerprint density at radius 3 is 2.21 bits per heavy atom. The zero-order valence-electron chi connectivity index (χ0n) is 13.7. The van der Waals surface area contributed by atoms with Gasteiger partial charge in [-0.25, -0.2) is 4.79 Å². The number of carbonyl (C=O) groups excluding carboxylic acids is 1. The molecule has 0 heterocycles. The van der Waals surface area contributed by atoms with E-state index in [2.05, 4.69) is 41.2 Å². The highest BCUT2D eigenvalue weighted by atomic mass is 16.5. The molecule has 0 saturated carbocycles. The molecule has 0 aromatic rings. The maximum Gasteiger partial charge on any atom is 0.333 e. The highest BCUT2D eigenvalue weighted by molar-refractivity contribution is 5.87. The second-order valence-electron chi connectivity index (χ2n) is 6.65. The normalized spacial score (nSPS) is 13.4. The van der Waals surface area contributed by atoms with Crippen LogP contribution in [-0.2, 0) is 9.53 Å². The molecule has 0 aliphatic rings. The lowest BCUT2D eigenvalue weighted by molar-refractivity contribution is -0.154. The zero-order chi connectivity index (χ0) is 15.1. The fourth-order valence-electron chi connectivity index (χ4n) is 2.56. The van der Waals surface area contributed by atoms with E-state index in [0.29, 0.717) is 11.5 Å². The molecule has 1 unspecified atom stereocenters. The summed E-state index contributed by atoms with van der Waals surface area (Å²) in [5.74, 6) is 0.0600. The van der Waals surface area contributed by atoms with E-state index in [9.17, 15) is 4.79 Å². The first-order valence-corrected chi connectivity index (χ1v) is 7.58. The Morgan fingerprint density at radius 2 is 1.79 bits per heavy atom. The third-order valence-corrected chi connectivity index (χ3v) is 3.63. The third-order valence-electron chi connectivity index (χ3n) is 3.63. The minimum absolute atomic E-state index is 0.0209. The number of hydrogen-bond acceptors (Lipinski definition) is 2. The summed E-state index contributed by atoms with van der Waals surface area (Å²) in [5, 5.41) is 0. The maximum atomic E-state index is 11.8. The summed E-state index contributed by atoms with van der Waals surface area (Å²) in [4.78, 5) is 11.8. The molecular formula is C17H32O2. The van der Waals surface area contributed by atoms with E-state index in [-0.39, 0.29) is 17.5 Å². The molecule has 19 heavy (non-hydrogen) atoms. The van der Waals surface area contributed by atoms with Crippen molar-refractivity contribution in [2.45, 2.75) is 79.8 Å². The molecule has 0 radical (unpaired) electrons. The average molecular weight is 268 g/mol. The van der Waals surface area contributed by atoms with Gasteiger partial charge in [0.05, 0.1) is 0 Å². The van der Waals surface area contributed by atoms with Gasteiger partial charge in [0.25, 0.3) is 0 Å². The summed E-state index contributed by atoms with van der Waals surface area (Å²) in [6, 6.07) is 0. The van der Waals surface area contributed by atoms with Gasteiger partial charge in [0.1, 0.15) is 6.10 Å². The van der Waals surface area contributed by atoms with E-state index in [0.717, 1.165) is 6.42 Å². The van der Waals surface area contributed by atoms with Gasteiger partial charge in [-0.05, 0) is 19.3 Å². The Balaban J connectivity index is 4.57. The molecule has 0 aliphatic carbocycles. The fourth-order valence-corrected chi connectivity index (χ4v) is 2.56. The number of hydrogen-bond donors (Lipinski definition) is 0. The van der Waals surface area contributed by atoms with Gasteiger partial charge in [0.2, 0.25) is 0 Å². The van der Waals surface area contributed by atoms with Crippen molar-refractivity contribution in [1.29, 1.82) is 0 Å². The van der Waals surface area contributed by atoms with E-state index < -0.39 is 0 Å². The van der Waals surface area contributed by atoms with Crippen LogP contribution in [0, 0.1) is 11.3 Å². The molecule has 0 aromatic heterocycles. The maximum absolute atomic E-state index is 11.8. The highest BCUT2D eigenvalue weighted by Crippen LogP contribution is 2.34. The molecule has 0 aliphatic heterocycles. The van der Waals surface area contributed by atoms with Crippen molar-refractivity contribution in [2.75, 3.05) is 0 Å². The van der Waals surface area contributed by atoms with Crippen molar-refractivity contribution in [3.63, 3.8) is 0 Å². The first-order chi connectivity index (χ1) is 8.72. The van der Waals surface area contributed by atoms with Gasteiger partial charge < -0.3 is 4.74 Å². The van der Waals surface area contributed by atoms with Crippen LogP contribution in [0.1, 0.15) is 73.6 Å². The lowest BCUT2D eigenvalue weighted by Crippen LogP contribution is -2.38. The van der Waals surface area contributed by atoms with E-state index in [4.69, 9.17) is 4.74 Å². The van der Waals surface area contributed by atoms with Crippen molar-refractivity contribution in [3.8, 4) is 0 Å². The summed E-state index contributed by atoms with van der Waals surface area (Å²) >= 11 is 0. The Kier molecular flexibility index (Phi) is 8.05. The van der Waals surface area contributed by atoms with Crippen LogP contribution in [-0.4, -0.2) is 12.1 Å². The number of carbonyl (C=O) groups is 1. The van der Waals surface area contributed by atoms with E-state index in [1.54, 1.807) is 6.92 Å². The summed E-state index contributed by atoms with van der Waals surface area (Å²) in [6.45, 7) is 16.2. The minimum Gasteiger partial charge on any atom is -0.458 e. The van der Waals surface area contributed by atoms with Crippen LogP contribution in [0.5, 0.6) is 0 Å². The Labute approximate surface area is 119 Å². The molecule has 0 spiro atoms. The Hall–Kier alpha value is -0.790. The lowest BCUT2D eigenvalue weighted by atomic mass is 9.76. The van der Waals surface area contributed by atoms with Crippen molar-refractivity contribution in [2.24, 2.45) is 11.3 Å². The first-order valence-electron chi connectivity index (χ1n) is 7.58. The number of unbranched alkanes of at least 4 members (excludes halogenated alkanes) is 3. The second-order valence-corrected chi connectivity index (χ2v) is 6.65. The highest BCUT2D eigenvalue weighted by Gasteiger charge is 2.34. The molecule has 0 aromatic carbocycles. The van der Waals surface area contributed by atoms with Gasteiger partial charge in [-0.3, -0.25) is 0 Å². The summed E-state index contributed by atoms with van der Waals surface area (Å²) in [7, 11) is 0. The minimum atomic E-state index is -0.264. The molecule has 112 valence electrons. The standard InChI is InChI=1S/C17H32O2/c1-8-9-10-11-12-17(6,7)15(13(2)3)19-16(18)14(4)5/h13,15H,4,8-12H2,1-3,5-7H3. The van der Waals surface area contributed by atoms with Gasteiger partial charge in [0, 0.05) is 11.0 Å².